The SMILES string of the molecule is C[C@H]1C[C@@H](c2ccncc2CC(=O)c2ccc(F)c(-c3c(F)cccc3F)n2)C[C@@H](N)[C@H]1OCCS(C)(=O)=O. The predicted molar refractivity (Wildman–Crippen MR) is 140 cm³/mol. The van der Waals surface area contributed by atoms with Crippen LogP contribution < -0.4 is 5.73 Å². The quantitative estimate of drug-likeness (QED) is 0.389. The molecule has 2 N–H and O–H groups in total. The van der Waals surface area contributed by atoms with Gasteiger partial charge in [-0.05, 0) is 66.1 Å². The van der Waals surface area contributed by atoms with Crippen molar-refractivity contribution in [3.8, 4) is 11.3 Å². The summed E-state index contributed by atoms with van der Waals surface area (Å²) in [4.78, 5) is 21.3. The molecule has 0 unspecified atom stereocenters. The van der Waals surface area contributed by atoms with E-state index in [9.17, 15) is 26.4 Å². The fourth-order valence-corrected chi connectivity index (χ4v) is 5.58. The first kappa shape index (κ1) is 28.8. The van der Waals surface area contributed by atoms with Crippen LogP contribution in [0.2, 0.25) is 0 Å². The van der Waals surface area contributed by atoms with Crippen LogP contribution in [0.4, 0.5) is 13.2 Å². The van der Waals surface area contributed by atoms with Gasteiger partial charge in [-0.25, -0.2) is 26.6 Å². The second-order valence-corrected chi connectivity index (χ2v) is 12.3. The Morgan fingerprint density at radius 2 is 1.79 bits per heavy atom. The average Bonchev–Trinajstić information content (AvgIpc) is 2.86. The molecule has 4 atom stereocenters. The minimum atomic E-state index is -3.15. The van der Waals surface area contributed by atoms with Crippen molar-refractivity contribution in [2.24, 2.45) is 11.7 Å². The molecule has 4 rings (SSSR count). The molecule has 7 nitrogen and oxygen atoms in total. The third-order valence-electron chi connectivity index (χ3n) is 7.02. The summed E-state index contributed by atoms with van der Waals surface area (Å²) >= 11 is 0. The molecule has 0 saturated heterocycles. The van der Waals surface area contributed by atoms with E-state index in [0.717, 1.165) is 36.1 Å². The van der Waals surface area contributed by atoms with E-state index in [1.54, 1.807) is 12.4 Å². The Morgan fingerprint density at radius 1 is 1.08 bits per heavy atom. The van der Waals surface area contributed by atoms with Gasteiger partial charge in [-0.1, -0.05) is 13.0 Å². The van der Waals surface area contributed by atoms with E-state index >= 15 is 0 Å². The Labute approximate surface area is 225 Å². The molecule has 0 bridgehead atoms. The molecule has 1 saturated carbocycles. The minimum Gasteiger partial charge on any atom is -0.375 e. The van der Waals surface area contributed by atoms with Crippen LogP contribution >= 0.6 is 0 Å². The molecule has 2 aromatic heterocycles. The summed E-state index contributed by atoms with van der Waals surface area (Å²) in [5, 5.41) is 0. The second kappa shape index (κ2) is 11.9. The van der Waals surface area contributed by atoms with E-state index < -0.39 is 44.3 Å². The fraction of sp³-hybridized carbons (Fsp3) is 0.393. The van der Waals surface area contributed by atoms with Gasteiger partial charge < -0.3 is 10.5 Å². The number of benzene rings is 1. The molecule has 39 heavy (non-hydrogen) atoms. The van der Waals surface area contributed by atoms with Crippen molar-refractivity contribution in [2.45, 2.75) is 44.2 Å². The number of aromatic nitrogens is 2. The van der Waals surface area contributed by atoms with Gasteiger partial charge in [0.15, 0.2) is 5.78 Å². The standard InChI is InChI=1S/C28H30F3N3O4S/c1-16-12-17(13-23(32)28(16)38-10-11-39(2,36)37)19-8-9-33-15-18(19)14-25(35)24-7-6-22(31)27(34-24)26-20(29)4-3-5-21(26)30/h3-9,15-17,23,28H,10-14,32H2,1-2H3/t16-,17+,23+,28-/m0/s1. The zero-order valence-corrected chi connectivity index (χ0v) is 22.4. The number of sulfone groups is 1. The number of ketones is 1. The molecule has 0 aliphatic heterocycles. The molecule has 11 heteroatoms. The lowest BCUT2D eigenvalue weighted by Crippen LogP contribution is -2.47. The molecule has 1 aliphatic rings. The van der Waals surface area contributed by atoms with Crippen molar-refractivity contribution in [1.29, 1.82) is 0 Å². The van der Waals surface area contributed by atoms with Gasteiger partial charge in [-0.15, -0.1) is 0 Å². The van der Waals surface area contributed by atoms with Crippen LogP contribution in [0.3, 0.4) is 0 Å². The van der Waals surface area contributed by atoms with Gasteiger partial charge >= 0.3 is 0 Å². The first-order valence-corrected chi connectivity index (χ1v) is 14.6. The Bertz CT molecular complexity index is 1440. The van der Waals surface area contributed by atoms with Gasteiger partial charge in [0.05, 0.1) is 24.0 Å². The Balaban J connectivity index is 1.52. The number of carbonyl (C=O) groups excluding carboxylic acids is 1. The summed E-state index contributed by atoms with van der Waals surface area (Å²) in [6, 6.07) is 6.79. The number of nitrogens with zero attached hydrogens (tertiary/aromatic N) is 2. The number of rotatable bonds is 9. The molecule has 208 valence electrons. The minimum absolute atomic E-state index is 0.000179. The largest absolute Gasteiger partial charge is 0.375 e. The lowest BCUT2D eigenvalue weighted by molar-refractivity contribution is -0.0154. The van der Waals surface area contributed by atoms with Crippen molar-refractivity contribution in [3.63, 3.8) is 0 Å². The highest BCUT2D eigenvalue weighted by atomic mass is 32.2. The molecule has 0 spiro atoms. The molecular formula is C28H30F3N3O4S. The topological polar surface area (TPSA) is 112 Å². The van der Waals surface area contributed by atoms with E-state index in [1.165, 1.54) is 6.07 Å². The van der Waals surface area contributed by atoms with Gasteiger partial charge in [0.2, 0.25) is 0 Å². The maximum atomic E-state index is 14.5. The number of halogens is 3. The molecule has 2 heterocycles. The van der Waals surface area contributed by atoms with E-state index in [-0.39, 0.29) is 48.5 Å². The first-order chi connectivity index (χ1) is 18.4. The second-order valence-electron chi connectivity index (χ2n) is 10.1. The smallest absolute Gasteiger partial charge is 0.185 e. The number of nitrogens with two attached hydrogens (primary N) is 1. The summed E-state index contributed by atoms with van der Waals surface area (Å²) in [7, 11) is -3.15. The normalized spacial score (nSPS) is 21.6. The molecule has 1 aliphatic carbocycles. The van der Waals surface area contributed by atoms with Crippen LogP contribution in [0.1, 0.15) is 47.3 Å². The van der Waals surface area contributed by atoms with Gasteiger partial charge in [-0.3, -0.25) is 9.78 Å². The van der Waals surface area contributed by atoms with Crippen molar-refractivity contribution in [2.75, 3.05) is 18.6 Å². The van der Waals surface area contributed by atoms with Gasteiger partial charge in [0.25, 0.3) is 0 Å². The van der Waals surface area contributed by atoms with Gasteiger partial charge in [0, 0.05) is 31.1 Å². The summed E-state index contributed by atoms with van der Waals surface area (Å²) in [5.74, 6) is -3.42. The third-order valence-corrected chi connectivity index (χ3v) is 7.93. The summed E-state index contributed by atoms with van der Waals surface area (Å²) < 4.78 is 71.8. The highest BCUT2D eigenvalue weighted by molar-refractivity contribution is 7.90. The van der Waals surface area contributed by atoms with E-state index in [2.05, 4.69) is 9.97 Å². The van der Waals surface area contributed by atoms with Crippen molar-refractivity contribution >= 4 is 15.6 Å². The zero-order chi connectivity index (χ0) is 28.3. The van der Waals surface area contributed by atoms with Crippen LogP contribution in [-0.4, -0.2) is 54.9 Å². The van der Waals surface area contributed by atoms with Gasteiger partial charge in [-0.2, -0.15) is 0 Å². The zero-order valence-electron chi connectivity index (χ0n) is 21.6. The molecule has 0 amide bonds. The Morgan fingerprint density at radius 3 is 2.46 bits per heavy atom. The first-order valence-electron chi connectivity index (χ1n) is 12.6. The fourth-order valence-electron chi connectivity index (χ4n) is 5.19. The highest BCUT2D eigenvalue weighted by Gasteiger charge is 2.36. The Kier molecular flexibility index (Phi) is 8.83. The molecule has 0 radical (unpaired) electrons. The highest BCUT2D eigenvalue weighted by Crippen LogP contribution is 2.38. The number of hydrogen-bond donors (Lipinski definition) is 1. The third kappa shape index (κ3) is 6.90. The number of hydrogen-bond acceptors (Lipinski definition) is 7. The summed E-state index contributed by atoms with van der Waals surface area (Å²) in [5.41, 5.74) is 6.63. The van der Waals surface area contributed by atoms with Gasteiger partial charge in [0.1, 0.15) is 38.7 Å². The van der Waals surface area contributed by atoms with Crippen LogP contribution in [0.5, 0.6) is 0 Å². The maximum Gasteiger partial charge on any atom is 0.185 e. The maximum absolute atomic E-state index is 14.5. The predicted octanol–water partition coefficient (Wildman–Crippen LogP) is 4.26. The van der Waals surface area contributed by atoms with E-state index in [4.69, 9.17) is 10.5 Å². The molecule has 1 fully saturated rings. The molecule has 1 aromatic carbocycles. The molecular weight excluding hydrogens is 531 g/mol. The summed E-state index contributed by atoms with van der Waals surface area (Å²) in [6.45, 7) is 2.07. The Hall–Kier alpha value is -3.15. The van der Waals surface area contributed by atoms with Crippen LogP contribution in [0, 0.1) is 23.4 Å². The van der Waals surface area contributed by atoms with Crippen molar-refractivity contribution in [1.82, 2.24) is 9.97 Å². The number of carbonyl (C=O) groups is 1. The van der Waals surface area contributed by atoms with E-state index in [1.807, 2.05) is 13.0 Å². The number of ether oxygens (including phenoxy) is 1. The molecule has 3 aromatic rings. The van der Waals surface area contributed by atoms with E-state index in [0.29, 0.717) is 18.4 Å². The summed E-state index contributed by atoms with van der Waals surface area (Å²) in [6.07, 6.45) is 5.23. The lowest BCUT2D eigenvalue weighted by atomic mass is 9.73. The number of pyridine rings is 2. The lowest BCUT2D eigenvalue weighted by Gasteiger charge is -2.39. The van der Waals surface area contributed by atoms with Crippen LogP contribution in [0.15, 0.2) is 48.8 Å². The van der Waals surface area contributed by atoms with Crippen molar-refractivity contribution < 1.29 is 31.1 Å². The van der Waals surface area contributed by atoms with Crippen LogP contribution in [-0.2, 0) is 21.0 Å². The monoisotopic (exact) mass is 561 g/mol. The van der Waals surface area contributed by atoms with Crippen molar-refractivity contribution in [3.05, 3.63) is 83.1 Å². The van der Waals surface area contributed by atoms with Crippen LogP contribution in [0.25, 0.3) is 11.3 Å². The average molecular weight is 562 g/mol. The number of Topliss-reactive ketones (excluding diaryl/α,β-unsaturated/α-hetero) is 1.